The van der Waals surface area contributed by atoms with E-state index in [0.717, 1.165) is 4.47 Å². The van der Waals surface area contributed by atoms with Gasteiger partial charge in [0, 0.05) is 11.6 Å². The minimum atomic E-state index is -1.11. The molecule has 110 valence electrons. The Morgan fingerprint density at radius 2 is 2.20 bits per heavy atom. The maximum atomic E-state index is 11.5. The van der Waals surface area contributed by atoms with Gasteiger partial charge in [0.1, 0.15) is 5.75 Å². The van der Waals surface area contributed by atoms with Crippen LogP contribution in [0.15, 0.2) is 28.7 Å². The van der Waals surface area contributed by atoms with Crippen LogP contribution < -0.4 is 10.1 Å². The molecule has 1 rings (SSSR count). The van der Waals surface area contributed by atoms with Crippen molar-refractivity contribution in [1.82, 2.24) is 5.32 Å². The number of hydrogen-bond acceptors (Lipinski definition) is 4. The fourth-order valence-corrected chi connectivity index (χ4v) is 1.76. The van der Waals surface area contributed by atoms with E-state index < -0.39 is 12.1 Å². The fourth-order valence-electron chi connectivity index (χ4n) is 1.38. The molecular weight excluding hydrogens is 330 g/mol. The maximum Gasteiger partial charge on any atom is 0.334 e. The molecule has 7 heteroatoms. The third-order valence-electron chi connectivity index (χ3n) is 2.44. The van der Waals surface area contributed by atoms with E-state index in [-0.39, 0.29) is 25.5 Å². The minimum absolute atomic E-state index is 0.0679. The molecular formula is C13H16BrNO5. The molecule has 1 amide bonds. The number of methoxy groups -OCH3 is 1. The predicted octanol–water partition coefficient (Wildman–Crippen LogP) is 1.43. The van der Waals surface area contributed by atoms with E-state index in [2.05, 4.69) is 21.2 Å². The third kappa shape index (κ3) is 6.03. The third-order valence-corrected chi connectivity index (χ3v) is 2.93. The zero-order valence-corrected chi connectivity index (χ0v) is 12.6. The van der Waals surface area contributed by atoms with Gasteiger partial charge in [-0.3, -0.25) is 4.79 Å². The van der Waals surface area contributed by atoms with Crippen molar-refractivity contribution < 1.29 is 24.2 Å². The van der Waals surface area contributed by atoms with Crippen LogP contribution in [0.5, 0.6) is 5.75 Å². The second-order valence-corrected chi connectivity index (χ2v) is 4.84. The van der Waals surface area contributed by atoms with Gasteiger partial charge in [0.15, 0.2) is 6.10 Å². The number of rotatable bonds is 8. The summed E-state index contributed by atoms with van der Waals surface area (Å²) in [6.07, 6.45) is -0.896. The Morgan fingerprint density at radius 1 is 1.45 bits per heavy atom. The van der Waals surface area contributed by atoms with E-state index in [1.54, 1.807) is 12.1 Å². The van der Waals surface area contributed by atoms with Crippen LogP contribution in [-0.4, -0.2) is 43.3 Å². The van der Waals surface area contributed by atoms with Gasteiger partial charge in [0.2, 0.25) is 5.91 Å². The van der Waals surface area contributed by atoms with Crippen LogP contribution in [0.25, 0.3) is 0 Å². The van der Waals surface area contributed by atoms with E-state index in [9.17, 15) is 9.59 Å². The molecule has 0 aliphatic carbocycles. The quantitative estimate of drug-likeness (QED) is 0.744. The first-order valence-corrected chi connectivity index (χ1v) is 6.73. The number of carboxylic acid groups (broad SMARTS) is 1. The van der Waals surface area contributed by atoms with Crippen molar-refractivity contribution in [3.8, 4) is 5.75 Å². The van der Waals surface area contributed by atoms with Gasteiger partial charge in [-0.2, -0.15) is 0 Å². The first-order chi connectivity index (χ1) is 9.52. The number of ether oxygens (including phenoxy) is 2. The van der Waals surface area contributed by atoms with Crippen molar-refractivity contribution in [2.24, 2.45) is 0 Å². The monoisotopic (exact) mass is 345 g/mol. The van der Waals surface area contributed by atoms with Crippen molar-refractivity contribution in [3.63, 3.8) is 0 Å². The molecule has 0 spiro atoms. The minimum Gasteiger partial charge on any atom is -0.493 e. The summed E-state index contributed by atoms with van der Waals surface area (Å²) in [6.45, 7) is 0.147. The molecule has 0 saturated heterocycles. The summed E-state index contributed by atoms with van der Waals surface area (Å²) in [5.41, 5.74) is 0. The average molecular weight is 346 g/mol. The zero-order valence-electron chi connectivity index (χ0n) is 11.0. The van der Waals surface area contributed by atoms with Gasteiger partial charge in [0.05, 0.1) is 19.6 Å². The largest absolute Gasteiger partial charge is 0.493 e. The Labute approximate surface area is 125 Å². The highest BCUT2D eigenvalue weighted by Gasteiger charge is 2.16. The van der Waals surface area contributed by atoms with Crippen LogP contribution in [0, 0.1) is 0 Å². The van der Waals surface area contributed by atoms with Crippen LogP contribution in [0.4, 0.5) is 0 Å². The number of halogens is 1. The molecule has 1 unspecified atom stereocenters. The van der Waals surface area contributed by atoms with Crippen molar-refractivity contribution in [2.75, 3.05) is 20.3 Å². The zero-order chi connectivity index (χ0) is 15.0. The van der Waals surface area contributed by atoms with Gasteiger partial charge in [-0.1, -0.05) is 22.0 Å². The highest BCUT2D eigenvalue weighted by Crippen LogP contribution is 2.17. The summed E-state index contributed by atoms with van der Waals surface area (Å²) in [4.78, 5) is 22.2. The Kier molecular flexibility index (Phi) is 7.03. The molecule has 1 aromatic carbocycles. The first kappa shape index (κ1) is 16.5. The maximum absolute atomic E-state index is 11.5. The van der Waals surface area contributed by atoms with Crippen LogP contribution in [-0.2, 0) is 14.3 Å². The second-order valence-electron chi connectivity index (χ2n) is 3.92. The van der Waals surface area contributed by atoms with Gasteiger partial charge in [-0.25, -0.2) is 4.79 Å². The summed E-state index contributed by atoms with van der Waals surface area (Å²) < 4.78 is 11.0. The summed E-state index contributed by atoms with van der Waals surface area (Å²) >= 11 is 3.32. The molecule has 1 atom stereocenters. The highest BCUT2D eigenvalue weighted by molar-refractivity contribution is 9.10. The summed E-state index contributed by atoms with van der Waals surface area (Å²) in [7, 11) is 1.28. The number of hydrogen-bond donors (Lipinski definition) is 2. The molecule has 6 nitrogen and oxygen atoms in total. The Bertz CT molecular complexity index is 466. The van der Waals surface area contributed by atoms with Crippen molar-refractivity contribution in [2.45, 2.75) is 12.5 Å². The van der Waals surface area contributed by atoms with E-state index >= 15 is 0 Å². The Morgan fingerprint density at radius 3 is 2.80 bits per heavy atom. The Hall–Kier alpha value is -1.60. The summed E-state index contributed by atoms with van der Waals surface area (Å²) in [5.74, 6) is -0.742. The van der Waals surface area contributed by atoms with Crippen LogP contribution >= 0.6 is 15.9 Å². The summed E-state index contributed by atoms with van der Waals surface area (Å²) in [5, 5.41) is 11.2. The SMILES string of the molecule is COC(CNC(=O)CCOc1cccc(Br)c1)C(=O)O. The number of carbonyl (C=O) groups excluding carboxylic acids is 1. The molecule has 2 N–H and O–H groups in total. The summed E-state index contributed by atoms with van der Waals surface area (Å²) in [6, 6.07) is 7.28. The topological polar surface area (TPSA) is 84.9 Å². The van der Waals surface area contributed by atoms with E-state index in [1.165, 1.54) is 7.11 Å². The van der Waals surface area contributed by atoms with Gasteiger partial charge in [-0.05, 0) is 18.2 Å². The number of amides is 1. The van der Waals surface area contributed by atoms with E-state index in [1.807, 2.05) is 12.1 Å². The molecule has 0 aliphatic heterocycles. The standard InChI is InChI=1S/C13H16BrNO5/c1-19-11(13(17)18)8-15-12(16)5-6-20-10-4-2-3-9(14)7-10/h2-4,7,11H,5-6,8H2,1H3,(H,15,16)(H,17,18). The number of aliphatic carboxylic acids is 1. The highest BCUT2D eigenvalue weighted by atomic mass is 79.9. The molecule has 0 fully saturated rings. The smallest absolute Gasteiger partial charge is 0.334 e. The van der Waals surface area contributed by atoms with Gasteiger partial charge in [0.25, 0.3) is 0 Å². The molecule has 0 bridgehead atoms. The first-order valence-electron chi connectivity index (χ1n) is 5.93. The number of nitrogens with one attached hydrogen (secondary N) is 1. The second kappa shape index (κ2) is 8.55. The number of carboxylic acids is 1. The van der Waals surface area contributed by atoms with Crippen molar-refractivity contribution in [1.29, 1.82) is 0 Å². The van der Waals surface area contributed by atoms with Crippen molar-refractivity contribution >= 4 is 27.8 Å². The van der Waals surface area contributed by atoms with E-state index in [4.69, 9.17) is 14.6 Å². The lowest BCUT2D eigenvalue weighted by atomic mass is 10.3. The van der Waals surface area contributed by atoms with Gasteiger partial charge in [-0.15, -0.1) is 0 Å². The van der Waals surface area contributed by atoms with Crippen LogP contribution in [0.2, 0.25) is 0 Å². The van der Waals surface area contributed by atoms with E-state index in [0.29, 0.717) is 5.75 Å². The normalized spacial score (nSPS) is 11.7. The lowest BCUT2D eigenvalue weighted by Crippen LogP contribution is -2.38. The molecule has 1 aromatic rings. The number of benzene rings is 1. The molecule has 0 radical (unpaired) electrons. The molecule has 0 heterocycles. The van der Waals surface area contributed by atoms with Crippen LogP contribution in [0.1, 0.15) is 6.42 Å². The molecule has 0 aliphatic rings. The van der Waals surface area contributed by atoms with Crippen molar-refractivity contribution in [3.05, 3.63) is 28.7 Å². The lowest BCUT2D eigenvalue weighted by Gasteiger charge is -2.11. The predicted molar refractivity (Wildman–Crippen MR) is 75.7 cm³/mol. The molecule has 0 saturated carbocycles. The average Bonchev–Trinajstić information content (AvgIpc) is 2.39. The Balaban J connectivity index is 2.25. The van der Waals surface area contributed by atoms with Gasteiger partial charge < -0.3 is 19.9 Å². The molecule has 20 heavy (non-hydrogen) atoms. The van der Waals surface area contributed by atoms with Crippen LogP contribution in [0.3, 0.4) is 0 Å². The number of carbonyl (C=O) groups is 2. The lowest BCUT2D eigenvalue weighted by molar-refractivity contribution is -0.148. The molecule has 0 aromatic heterocycles. The van der Waals surface area contributed by atoms with Gasteiger partial charge >= 0.3 is 5.97 Å². The fraction of sp³-hybridized carbons (Fsp3) is 0.385.